The van der Waals surface area contributed by atoms with Crippen LogP contribution in [0.25, 0.3) is 10.9 Å². The molecule has 1 atom stereocenters. The topological polar surface area (TPSA) is 108 Å². The number of fused-ring (bicyclic) bond motifs is 1. The van der Waals surface area contributed by atoms with Crippen LogP contribution in [0.3, 0.4) is 0 Å². The fourth-order valence-corrected chi connectivity index (χ4v) is 5.72. The number of hydrogen-bond donors (Lipinski definition) is 1. The highest BCUT2D eigenvalue weighted by molar-refractivity contribution is 6.31. The van der Waals surface area contributed by atoms with Gasteiger partial charge in [-0.15, -0.1) is 0 Å². The first-order chi connectivity index (χ1) is 23.2. The van der Waals surface area contributed by atoms with Crippen molar-refractivity contribution in [2.45, 2.75) is 52.4 Å². The summed E-state index contributed by atoms with van der Waals surface area (Å²) in [5, 5.41) is 4.26. The smallest absolute Gasteiger partial charge is 0.337 e. The first kappa shape index (κ1) is 34.3. The second-order valence-corrected chi connectivity index (χ2v) is 12.0. The van der Waals surface area contributed by atoms with Crippen LogP contribution in [-0.2, 0) is 24.4 Å². The predicted molar refractivity (Wildman–Crippen MR) is 190 cm³/mol. The van der Waals surface area contributed by atoms with Crippen molar-refractivity contribution in [1.82, 2.24) is 14.5 Å². The van der Waals surface area contributed by atoms with Crippen LogP contribution in [0.2, 0.25) is 5.02 Å². The number of esters is 1. The van der Waals surface area contributed by atoms with Crippen molar-refractivity contribution < 1.29 is 19.0 Å². The fourth-order valence-electron chi connectivity index (χ4n) is 5.48. The lowest BCUT2D eigenvalue weighted by atomic mass is 10.1. The Balaban J connectivity index is 1.58. The van der Waals surface area contributed by atoms with Crippen molar-refractivity contribution in [1.29, 1.82) is 0 Å². The van der Waals surface area contributed by atoms with Gasteiger partial charge in [0.05, 0.1) is 39.0 Å². The maximum absolute atomic E-state index is 14.1. The van der Waals surface area contributed by atoms with Gasteiger partial charge in [-0.2, -0.15) is 4.98 Å². The Kier molecular flexibility index (Phi) is 11.2. The van der Waals surface area contributed by atoms with E-state index in [2.05, 4.69) is 24.1 Å². The van der Waals surface area contributed by atoms with Crippen LogP contribution < -0.4 is 25.2 Å². The molecule has 2 heterocycles. The summed E-state index contributed by atoms with van der Waals surface area (Å²) in [4.78, 5) is 38.1. The molecule has 0 aliphatic heterocycles. The molecule has 10 nitrogen and oxygen atoms in total. The molecule has 0 aliphatic carbocycles. The number of anilines is 2. The minimum atomic E-state index is -0.482. The van der Waals surface area contributed by atoms with E-state index in [9.17, 15) is 9.59 Å². The number of carbonyl (C=O) groups is 1. The van der Waals surface area contributed by atoms with Gasteiger partial charge in [0.15, 0.2) is 0 Å². The van der Waals surface area contributed by atoms with Crippen molar-refractivity contribution in [3.05, 3.63) is 117 Å². The molecule has 3 aromatic carbocycles. The summed E-state index contributed by atoms with van der Waals surface area (Å²) in [6.07, 6.45) is 3.57. The van der Waals surface area contributed by atoms with Gasteiger partial charge in [-0.3, -0.25) is 4.79 Å². The van der Waals surface area contributed by atoms with Crippen molar-refractivity contribution in [2.75, 3.05) is 31.5 Å². The van der Waals surface area contributed by atoms with Gasteiger partial charge in [0.1, 0.15) is 22.7 Å². The maximum atomic E-state index is 14.1. The van der Waals surface area contributed by atoms with Crippen molar-refractivity contribution in [3.8, 4) is 11.5 Å². The molecule has 0 bridgehead atoms. The molecule has 2 aromatic heterocycles. The van der Waals surface area contributed by atoms with Gasteiger partial charge in [-0.25, -0.2) is 9.78 Å². The van der Waals surface area contributed by atoms with Gasteiger partial charge >= 0.3 is 5.97 Å². The maximum Gasteiger partial charge on any atom is 0.337 e. The van der Waals surface area contributed by atoms with Crippen molar-refractivity contribution in [3.63, 3.8) is 0 Å². The number of carbonyl (C=O) groups excluding carboxylic acids is 1. The van der Waals surface area contributed by atoms with Crippen LogP contribution >= 0.6 is 11.6 Å². The number of nitrogens with one attached hydrogen (secondary N) is 1. The number of pyridine rings is 1. The molecule has 0 saturated heterocycles. The third-order valence-electron chi connectivity index (χ3n) is 8.08. The number of methoxy groups -OCH3 is 3. The monoisotopic (exact) mass is 669 g/mol. The molecular weight excluding hydrogens is 630 g/mol. The summed E-state index contributed by atoms with van der Waals surface area (Å²) in [6.45, 7) is 5.43. The molecule has 0 fully saturated rings. The molecule has 0 aliphatic rings. The first-order valence-electron chi connectivity index (χ1n) is 15.8. The van der Waals surface area contributed by atoms with Gasteiger partial charge < -0.3 is 29.0 Å². The van der Waals surface area contributed by atoms with E-state index in [4.69, 9.17) is 35.8 Å². The van der Waals surface area contributed by atoms with E-state index in [1.807, 2.05) is 54.6 Å². The number of nitrogens with zero attached hydrogens (tertiary/aromatic N) is 4. The average molecular weight is 670 g/mol. The quantitative estimate of drug-likeness (QED) is 0.124. The lowest BCUT2D eigenvalue weighted by Gasteiger charge is -2.25. The Morgan fingerprint density at radius 1 is 0.917 bits per heavy atom. The Morgan fingerprint density at radius 2 is 1.54 bits per heavy atom. The number of rotatable bonds is 14. The van der Waals surface area contributed by atoms with E-state index in [-0.39, 0.29) is 18.1 Å². The Bertz CT molecular complexity index is 1880. The summed E-state index contributed by atoms with van der Waals surface area (Å²) in [5.41, 5.74) is 3.38. The number of benzene rings is 3. The normalized spacial score (nSPS) is 11.6. The second-order valence-electron chi connectivity index (χ2n) is 11.6. The van der Waals surface area contributed by atoms with Gasteiger partial charge in [-0.05, 0) is 72.5 Å². The van der Waals surface area contributed by atoms with E-state index >= 15 is 0 Å². The van der Waals surface area contributed by atoms with Crippen LogP contribution in [0.4, 0.5) is 11.8 Å². The molecule has 1 N–H and O–H groups in total. The SMILES string of the molecule is CCC[C@@H](C)Nc1nc(N(Cc2ccc(OC)cc2)Cc2ccc(OC)cc2)nc2ccn(Cc3ccc(C(=O)OC)cc3Cl)c(=O)c12. The van der Waals surface area contributed by atoms with E-state index in [0.29, 0.717) is 51.9 Å². The average Bonchev–Trinajstić information content (AvgIpc) is 3.10. The standard InChI is InChI=1S/C37H40ClN5O5/c1-6-7-24(2)39-34-33-32(18-19-42(35(33)44)23-28-13-12-27(20-31(28)38)36(45)48-5)40-37(41-34)43(21-25-8-14-29(46-3)15-9-25)22-26-10-16-30(47-4)17-11-26/h8-20,24H,6-7,21-23H2,1-5H3,(H,39,40,41)/t24-/m1/s1. The summed E-state index contributed by atoms with van der Waals surface area (Å²) in [6, 6.07) is 22.6. The Hall–Kier alpha value is -5.09. The van der Waals surface area contributed by atoms with E-state index < -0.39 is 5.97 Å². The summed E-state index contributed by atoms with van der Waals surface area (Å²) in [7, 11) is 4.60. The zero-order chi connectivity index (χ0) is 34.2. The van der Waals surface area contributed by atoms with Crippen LogP contribution in [0.1, 0.15) is 53.7 Å². The zero-order valence-electron chi connectivity index (χ0n) is 27.8. The zero-order valence-corrected chi connectivity index (χ0v) is 28.6. The number of halogens is 1. The molecule has 5 aromatic rings. The van der Waals surface area contributed by atoms with E-state index in [1.54, 1.807) is 43.2 Å². The lowest BCUT2D eigenvalue weighted by molar-refractivity contribution is 0.0600. The Morgan fingerprint density at radius 3 is 2.08 bits per heavy atom. The molecule has 0 amide bonds. The lowest BCUT2D eigenvalue weighted by Crippen LogP contribution is -2.28. The molecule has 0 saturated carbocycles. The van der Waals surface area contributed by atoms with Crippen LogP contribution in [0.15, 0.2) is 83.8 Å². The minimum Gasteiger partial charge on any atom is -0.497 e. The minimum absolute atomic E-state index is 0.0611. The number of ether oxygens (including phenoxy) is 3. The fraction of sp³-hybridized carbons (Fsp3) is 0.297. The van der Waals surface area contributed by atoms with Crippen LogP contribution in [-0.4, -0.2) is 47.9 Å². The molecule has 11 heteroatoms. The summed E-state index contributed by atoms with van der Waals surface area (Å²) >= 11 is 6.53. The highest BCUT2D eigenvalue weighted by Gasteiger charge is 2.20. The highest BCUT2D eigenvalue weighted by atomic mass is 35.5. The molecule has 5 rings (SSSR count). The van der Waals surface area contributed by atoms with Crippen molar-refractivity contribution in [2.24, 2.45) is 0 Å². The molecule has 250 valence electrons. The van der Waals surface area contributed by atoms with E-state index in [0.717, 1.165) is 35.5 Å². The Labute approximate surface area is 285 Å². The largest absolute Gasteiger partial charge is 0.497 e. The molecule has 0 spiro atoms. The van der Waals surface area contributed by atoms with E-state index in [1.165, 1.54) is 7.11 Å². The predicted octanol–water partition coefficient (Wildman–Crippen LogP) is 7.10. The first-order valence-corrected chi connectivity index (χ1v) is 16.2. The van der Waals surface area contributed by atoms with Gasteiger partial charge in [0, 0.05) is 30.4 Å². The van der Waals surface area contributed by atoms with Gasteiger partial charge in [-0.1, -0.05) is 55.3 Å². The summed E-state index contributed by atoms with van der Waals surface area (Å²) < 4.78 is 17.1. The van der Waals surface area contributed by atoms with Gasteiger partial charge in [0.25, 0.3) is 5.56 Å². The number of hydrogen-bond acceptors (Lipinski definition) is 9. The highest BCUT2D eigenvalue weighted by Crippen LogP contribution is 2.27. The van der Waals surface area contributed by atoms with Crippen molar-refractivity contribution >= 4 is 40.2 Å². The third-order valence-corrected chi connectivity index (χ3v) is 8.43. The van der Waals surface area contributed by atoms with Gasteiger partial charge in [0.2, 0.25) is 5.95 Å². The second kappa shape index (κ2) is 15.7. The molecule has 0 unspecified atom stereocenters. The molecular formula is C37H40ClN5O5. The van der Waals surface area contributed by atoms with Crippen LogP contribution in [0, 0.1) is 0 Å². The van der Waals surface area contributed by atoms with Crippen LogP contribution in [0.5, 0.6) is 11.5 Å². The molecule has 48 heavy (non-hydrogen) atoms. The summed E-state index contributed by atoms with van der Waals surface area (Å²) in [5.74, 6) is 2.02. The molecule has 0 radical (unpaired) electrons. The third kappa shape index (κ3) is 8.06. The number of aromatic nitrogens is 3.